The summed E-state index contributed by atoms with van der Waals surface area (Å²) in [6.45, 7) is 18.8. The number of carbonyl (C=O) groups is 2. The molecule has 0 amide bonds. The molecule has 0 fully saturated rings. The number of hydrogen-bond acceptors (Lipinski definition) is 4. The Morgan fingerprint density at radius 3 is 1.44 bits per heavy atom. The highest BCUT2D eigenvalue weighted by Crippen LogP contribution is 2.32. The van der Waals surface area contributed by atoms with Crippen molar-refractivity contribution >= 4 is 35.1 Å². The van der Waals surface area contributed by atoms with Gasteiger partial charge in [0.05, 0.1) is 0 Å². The molecule has 0 aromatic heterocycles. The van der Waals surface area contributed by atoms with E-state index in [0.29, 0.717) is 11.1 Å². The molecule has 0 spiro atoms. The van der Waals surface area contributed by atoms with Crippen LogP contribution in [-0.4, -0.2) is 32.6 Å². The molecule has 0 radical (unpaired) electrons. The number of carbonyl (C=O) groups excluding carboxylic acids is 2. The lowest BCUT2D eigenvalue weighted by molar-refractivity contribution is 0.0857. The first-order valence-electron chi connectivity index (χ1n) is 9.57. The standard InChI is InChI=1S/C23H36O2S2/c1-21(2,3)20(25)17-12-10-16(11-13-17)19(24)18(14-26-22(4,5)6)15-27-23(7,8)9/h10-13,18H,14-15H2,1-9H3. The maximum Gasteiger partial charge on any atom is 0.168 e. The minimum absolute atomic E-state index is 0.0254. The summed E-state index contributed by atoms with van der Waals surface area (Å²) in [5, 5.41) is 0. The van der Waals surface area contributed by atoms with Crippen molar-refractivity contribution in [2.45, 2.75) is 71.8 Å². The third-order valence-electron chi connectivity index (χ3n) is 3.92. The van der Waals surface area contributed by atoms with Gasteiger partial charge in [-0.2, -0.15) is 23.5 Å². The van der Waals surface area contributed by atoms with Gasteiger partial charge in [-0.1, -0.05) is 86.6 Å². The molecule has 0 aliphatic carbocycles. The van der Waals surface area contributed by atoms with Gasteiger partial charge in [0.25, 0.3) is 0 Å². The van der Waals surface area contributed by atoms with Gasteiger partial charge in [-0.05, 0) is 0 Å². The van der Waals surface area contributed by atoms with Crippen molar-refractivity contribution in [2.24, 2.45) is 11.3 Å². The number of Topliss-reactive ketones (excluding diaryl/α,β-unsaturated/α-hetero) is 2. The third kappa shape index (κ3) is 8.87. The topological polar surface area (TPSA) is 34.1 Å². The van der Waals surface area contributed by atoms with Gasteiger partial charge in [0.2, 0.25) is 0 Å². The Kier molecular flexibility index (Phi) is 8.25. The lowest BCUT2D eigenvalue weighted by Crippen LogP contribution is -2.25. The predicted molar refractivity (Wildman–Crippen MR) is 122 cm³/mol. The molecule has 0 unspecified atom stereocenters. The summed E-state index contributed by atoms with van der Waals surface area (Å²) >= 11 is 3.68. The summed E-state index contributed by atoms with van der Waals surface area (Å²) in [5.41, 5.74) is 0.957. The highest BCUT2D eigenvalue weighted by molar-refractivity contribution is 8.01. The fourth-order valence-corrected chi connectivity index (χ4v) is 4.45. The van der Waals surface area contributed by atoms with E-state index in [-0.39, 0.29) is 27.0 Å². The Hall–Kier alpha value is -0.740. The monoisotopic (exact) mass is 408 g/mol. The third-order valence-corrected chi connectivity index (χ3v) is 6.79. The second-order valence-corrected chi connectivity index (χ2v) is 13.8. The highest BCUT2D eigenvalue weighted by atomic mass is 32.2. The molecule has 1 aromatic rings. The Morgan fingerprint density at radius 1 is 0.741 bits per heavy atom. The number of benzene rings is 1. The molecule has 0 atom stereocenters. The van der Waals surface area contributed by atoms with Crippen LogP contribution >= 0.6 is 23.5 Å². The molecular formula is C23H36O2S2. The van der Waals surface area contributed by atoms with E-state index < -0.39 is 5.41 Å². The summed E-state index contributed by atoms with van der Waals surface area (Å²) < 4.78 is 0.266. The van der Waals surface area contributed by atoms with Crippen LogP contribution in [0.1, 0.15) is 83.0 Å². The van der Waals surface area contributed by atoms with E-state index in [4.69, 9.17) is 0 Å². The van der Waals surface area contributed by atoms with Gasteiger partial charge in [-0.25, -0.2) is 0 Å². The maximum atomic E-state index is 13.1. The zero-order valence-electron chi connectivity index (χ0n) is 18.4. The van der Waals surface area contributed by atoms with E-state index in [1.54, 1.807) is 12.1 Å². The van der Waals surface area contributed by atoms with Crippen molar-refractivity contribution in [2.75, 3.05) is 11.5 Å². The molecule has 1 rings (SSSR count). The summed E-state index contributed by atoms with van der Waals surface area (Å²) in [7, 11) is 0. The summed E-state index contributed by atoms with van der Waals surface area (Å²) in [5.74, 6) is 1.88. The molecule has 0 aliphatic rings. The zero-order chi connectivity index (χ0) is 21.0. The first kappa shape index (κ1) is 24.3. The molecule has 0 saturated heterocycles. The first-order valence-corrected chi connectivity index (χ1v) is 11.5. The molecule has 0 N–H and O–H groups in total. The zero-order valence-corrected chi connectivity index (χ0v) is 20.1. The smallest absolute Gasteiger partial charge is 0.168 e. The van der Waals surface area contributed by atoms with Crippen LogP contribution in [0.3, 0.4) is 0 Å². The normalized spacial score (nSPS) is 13.1. The molecule has 1 aromatic carbocycles. The van der Waals surface area contributed by atoms with E-state index >= 15 is 0 Å². The van der Waals surface area contributed by atoms with Gasteiger partial charge in [0.15, 0.2) is 11.6 Å². The predicted octanol–water partition coefficient (Wildman–Crippen LogP) is 6.78. The minimum atomic E-state index is -0.416. The quantitative estimate of drug-likeness (QED) is 0.466. The number of ketones is 2. The van der Waals surface area contributed by atoms with E-state index in [0.717, 1.165) is 11.5 Å². The lowest BCUT2D eigenvalue weighted by Gasteiger charge is -2.25. The summed E-state index contributed by atoms with van der Waals surface area (Å²) in [6.07, 6.45) is 0. The Morgan fingerprint density at radius 2 is 1.11 bits per heavy atom. The molecule has 2 nitrogen and oxygen atoms in total. The van der Waals surface area contributed by atoms with Crippen LogP contribution in [0.15, 0.2) is 24.3 Å². The second kappa shape index (κ2) is 9.17. The Labute approximate surface area is 174 Å². The van der Waals surface area contributed by atoms with Gasteiger partial charge < -0.3 is 0 Å². The van der Waals surface area contributed by atoms with Crippen molar-refractivity contribution in [1.82, 2.24) is 0 Å². The molecule has 4 heteroatoms. The van der Waals surface area contributed by atoms with Crippen molar-refractivity contribution in [3.05, 3.63) is 35.4 Å². The van der Waals surface area contributed by atoms with Gasteiger partial charge in [-0.3, -0.25) is 9.59 Å². The molecule has 0 heterocycles. The number of hydrogen-bond donors (Lipinski definition) is 0. The van der Waals surface area contributed by atoms with Crippen LogP contribution < -0.4 is 0 Å². The molecule has 0 saturated carbocycles. The van der Waals surface area contributed by atoms with Crippen LogP contribution in [0.5, 0.6) is 0 Å². The van der Waals surface area contributed by atoms with Crippen molar-refractivity contribution in [3.8, 4) is 0 Å². The highest BCUT2D eigenvalue weighted by Gasteiger charge is 2.27. The van der Waals surface area contributed by atoms with Gasteiger partial charge in [-0.15, -0.1) is 0 Å². The van der Waals surface area contributed by atoms with Crippen LogP contribution in [-0.2, 0) is 0 Å². The van der Waals surface area contributed by atoms with E-state index in [1.807, 2.05) is 56.4 Å². The number of thioether (sulfide) groups is 2. The Bertz CT molecular complexity index is 623. The van der Waals surface area contributed by atoms with Crippen LogP contribution in [0.2, 0.25) is 0 Å². The average Bonchev–Trinajstić information content (AvgIpc) is 2.51. The summed E-state index contributed by atoms with van der Waals surface area (Å²) in [6, 6.07) is 7.23. The summed E-state index contributed by atoms with van der Waals surface area (Å²) in [4.78, 5) is 25.6. The Balaban J connectivity index is 2.97. The van der Waals surface area contributed by atoms with Crippen molar-refractivity contribution < 1.29 is 9.59 Å². The maximum absolute atomic E-state index is 13.1. The first-order chi connectivity index (χ1) is 12.1. The fourth-order valence-electron chi connectivity index (χ4n) is 2.36. The molecule has 27 heavy (non-hydrogen) atoms. The van der Waals surface area contributed by atoms with Gasteiger partial charge in [0, 0.05) is 43.5 Å². The van der Waals surface area contributed by atoms with Gasteiger partial charge in [0.1, 0.15) is 0 Å². The van der Waals surface area contributed by atoms with Crippen molar-refractivity contribution in [3.63, 3.8) is 0 Å². The van der Waals surface area contributed by atoms with Crippen LogP contribution in [0.25, 0.3) is 0 Å². The minimum Gasteiger partial charge on any atom is -0.294 e. The fraction of sp³-hybridized carbons (Fsp3) is 0.652. The van der Waals surface area contributed by atoms with Crippen LogP contribution in [0, 0.1) is 11.3 Å². The largest absolute Gasteiger partial charge is 0.294 e. The van der Waals surface area contributed by atoms with E-state index in [2.05, 4.69) is 41.5 Å². The lowest BCUT2D eigenvalue weighted by atomic mass is 9.86. The SMILES string of the molecule is CC(C)(C)SCC(CSC(C)(C)C)C(=O)c1ccc(C(=O)C(C)(C)C)cc1. The van der Waals surface area contributed by atoms with E-state index in [1.165, 1.54) is 0 Å². The molecule has 152 valence electrons. The molecule has 0 aliphatic heterocycles. The van der Waals surface area contributed by atoms with Crippen LogP contribution in [0.4, 0.5) is 0 Å². The molecular weight excluding hydrogens is 372 g/mol. The molecule has 0 bridgehead atoms. The second-order valence-electron chi connectivity index (χ2n) is 10.1. The van der Waals surface area contributed by atoms with Gasteiger partial charge >= 0.3 is 0 Å². The van der Waals surface area contributed by atoms with E-state index in [9.17, 15) is 9.59 Å². The number of rotatable bonds is 7. The average molecular weight is 409 g/mol. The van der Waals surface area contributed by atoms with Crippen molar-refractivity contribution in [1.29, 1.82) is 0 Å².